The quantitative estimate of drug-likeness (QED) is 0.678. The van der Waals surface area contributed by atoms with Gasteiger partial charge in [0.05, 0.1) is 0 Å². The van der Waals surface area contributed by atoms with E-state index in [1.54, 1.807) is 6.08 Å². The maximum atomic E-state index is 5.86. The van der Waals surface area contributed by atoms with Crippen LogP contribution in [0, 0.1) is 0 Å². The summed E-state index contributed by atoms with van der Waals surface area (Å²) in [4.78, 5) is 0. The van der Waals surface area contributed by atoms with Crippen LogP contribution in [0.2, 0.25) is 0 Å². The SMILES string of the molecule is C=CCOc1c(CC=C)cccc1-c1ccccc1. The molecule has 0 N–H and O–H groups in total. The average molecular weight is 250 g/mol. The predicted octanol–water partition coefficient (Wildman–Crippen LogP) is 4.65. The standard InChI is InChI=1S/C18H18O/c1-3-9-16-12-8-13-17(18(16)19-14-4-2)15-10-6-5-7-11-15/h3-8,10-13H,1-2,9,14H2. The summed E-state index contributed by atoms with van der Waals surface area (Å²) in [5.74, 6) is 0.925. The van der Waals surface area contributed by atoms with Gasteiger partial charge in [-0.25, -0.2) is 0 Å². The van der Waals surface area contributed by atoms with Gasteiger partial charge < -0.3 is 4.74 Å². The number of hydrogen-bond acceptors (Lipinski definition) is 1. The van der Waals surface area contributed by atoms with E-state index in [0.717, 1.165) is 28.9 Å². The lowest BCUT2D eigenvalue weighted by Crippen LogP contribution is -1.99. The van der Waals surface area contributed by atoms with Crippen LogP contribution in [0.15, 0.2) is 73.8 Å². The van der Waals surface area contributed by atoms with E-state index < -0.39 is 0 Å². The van der Waals surface area contributed by atoms with Gasteiger partial charge in [0.25, 0.3) is 0 Å². The Hall–Kier alpha value is -2.28. The Labute approximate surface area is 114 Å². The molecule has 0 spiro atoms. The van der Waals surface area contributed by atoms with Gasteiger partial charge in [-0.05, 0) is 17.5 Å². The molecule has 0 saturated carbocycles. The number of hydrogen-bond donors (Lipinski definition) is 0. The first-order chi connectivity index (χ1) is 9.36. The minimum atomic E-state index is 0.508. The van der Waals surface area contributed by atoms with Gasteiger partial charge in [0, 0.05) is 5.56 Å². The summed E-state index contributed by atoms with van der Waals surface area (Å²) >= 11 is 0. The molecule has 0 aromatic heterocycles. The maximum Gasteiger partial charge on any atom is 0.131 e. The second-order valence-electron chi connectivity index (χ2n) is 4.25. The van der Waals surface area contributed by atoms with Crippen molar-refractivity contribution >= 4 is 0 Å². The first kappa shape index (κ1) is 13.2. The van der Waals surface area contributed by atoms with Gasteiger partial charge in [0.15, 0.2) is 0 Å². The summed E-state index contributed by atoms with van der Waals surface area (Å²) in [6, 6.07) is 16.5. The number of allylic oxidation sites excluding steroid dienone is 1. The van der Waals surface area contributed by atoms with Crippen LogP contribution in [0.5, 0.6) is 5.75 Å². The van der Waals surface area contributed by atoms with Crippen molar-refractivity contribution in [3.8, 4) is 16.9 Å². The molecule has 0 atom stereocenters. The topological polar surface area (TPSA) is 9.23 Å². The monoisotopic (exact) mass is 250 g/mol. The van der Waals surface area contributed by atoms with Crippen molar-refractivity contribution < 1.29 is 4.74 Å². The van der Waals surface area contributed by atoms with Crippen LogP contribution in [0.1, 0.15) is 5.56 Å². The molecule has 0 aliphatic heterocycles. The van der Waals surface area contributed by atoms with Crippen LogP contribution >= 0.6 is 0 Å². The molecule has 0 aliphatic carbocycles. The number of para-hydroxylation sites is 1. The third-order valence-corrected chi connectivity index (χ3v) is 2.89. The molecule has 1 nitrogen and oxygen atoms in total. The molecule has 0 fully saturated rings. The van der Waals surface area contributed by atoms with Crippen molar-refractivity contribution in [3.63, 3.8) is 0 Å². The molecule has 1 heteroatoms. The average Bonchev–Trinajstić information content (AvgIpc) is 2.47. The Kier molecular flexibility index (Phi) is 4.57. The van der Waals surface area contributed by atoms with Crippen LogP contribution in [-0.4, -0.2) is 6.61 Å². The lowest BCUT2D eigenvalue weighted by molar-refractivity contribution is 0.361. The molecule has 0 heterocycles. The molecule has 96 valence electrons. The first-order valence-electron chi connectivity index (χ1n) is 6.38. The van der Waals surface area contributed by atoms with E-state index in [-0.39, 0.29) is 0 Å². The van der Waals surface area contributed by atoms with Crippen molar-refractivity contribution in [2.45, 2.75) is 6.42 Å². The highest BCUT2D eigenvalue weighted by Gasteiger charge is 2.10. The highest BCUT2D eigenvalue weighted by atomic mass is 16.5. The summed E-state index contributed by atoms with van der Waals surface area (Å²) in [6.07, 6.45) is 4.46. The maximum absolute atomic E-state index is 5.86. The molecule has 0 saturated heterocycles. The van der Waals surface area contributed by atoms with Gasteiger partial charge in [-0.1, -0.05) is 67.3 Å². The second kappa shape index (κ2) is 6.60. The van der Waals surface area contributed by atoms with Crippen molar-refractivity contribution in [2.24, 2.45) is 0 Å². The molecular formula is C18H18O. The third kappa shape index (κ3) is 3.14. The van der Waals surface area contributed by atoms with E-state index in [4.69, 9.17) is 4.74 Å². The minimum absolute atomic E-state index is 0.508. The molecule has 0 unspecified atom stereocenters. The van der Waals surface area contributed by atoms with Crippen LogP contribution in [0.25, 0.3) is 11.1 Å². The Bertz CT molecular complexity index is 555. The molecular weight excluding hydrogens is 232 g/mol. The molecule has 0 aliphatic rings. The normalized spacial score (nSPS) is 9.89. The van der Waals surface area contributed by atoms with Crippen LogP contribution in [-0.2, 0) is 6.42 Å². The highest BCUT2D eigenvalue weighted by Crippen LogP contribution is 2.33. The van der Waals surface area contributed by atoms with Crippen molar-refractivity contribution in [2.75, 3.05) is 6.61 Å². The number of benzene rings is 2. The number of ether oxygens (including phenoxy) is 1. The lowest BCUT2D eigenvalue weighted by Gasteiger charge is -2.14. The van der Waals surface area contributed by atoms with Crippen molar-refractivity contribution in [1.29, 1.82) is 0 Å². The lowest BCUT2D eigenvalue weighted by atomic mass is 10.00. The zero-order valence-corrected chi connectivity index (χ0v) is 11.0. The van der Waals surface area contributed by atoms with Gasteiger partial charge >= 0.3 is 0 Å². The van der Waals surface area contributed by atoms with E-state index in [9.17, 15) is 0 Å². The van der Waals surface area contributed by atoms with E-state index in [2.05, 4.69) is 43.5 Å². The van der Waals surface area contributed by atoms with Crippen molar-refractivity contribution in [3.05, 3.63) is 79.4 Å². The smallest absolute Gasteiger partial charge is 0.131 e. The molecule has 0 amide bonds. The summed E-state index contributed by atoms with van der Waals surface area (Å²) in [5, 5.41) is 0. The van der Waals surface area contributed by atoms with E-state index in [0.29, 0.717) is 6.61 Å². The van der Waals surface area contributed by atoms with Gasteiger partial charge in [0.1, 0.15) is 12.4 Å². The Balaban J connectivity index is 2.49. The minimum Gasteiger partial charge on any atom is -0.489 e. The third-order valence-electron chi connectivity index (χ3n) is 2.89. The van der Waals surface area contributed by atoms with Crippen LogP contribution < -0.4 is 4.74 Å². The fourth-order valence-corrected chi connectivity index (χ4v) is 2.06. The van der Waals surface area contributed by atoms with Gasteiger partial charge in [-0.15, -0.1) is 6.58 Å². The fraction of sp³-hybridized carbons (Fsp3) is 0.111. The Morgan fingerprint density at radius 1 is 0.895 bits per heavy atom. The highest BCUT2D eigenvalue weighted by molar-refractivity contribution is 5.72. The molecule has 0 radical (unpaired) electrons. The second-order valence-corrected chi connectivity index (χ2v) is 4.25. The summed E-state index contributed by atoms with van der Waals surface area (Å²) in [7, 11) is 0. The van der Waals surface area contributed by atoms with Gasteiger partial charge in [-0.3, -0.25) is 0 Å². The number of rotatable bonds is 6. The fourth-order valence-electron chi connectivity index (χ4n) is 2.06. The zero-order chi connectivity index (χ0) is 13.5. The first-order valence-corrected chi connectivity index (χ1v) is 6.38. The molecule has 0 bridgehead atoms. The van der Waals surface area contributed by atoms with E-state index in [1.165, 1.54) is 0 Å². The molecule has 2 rings (SSSR count). The van der Waals surface area contributed by atoms with Gasteiger partial charge in [-0.2, -0.15) is 0 Å². The molecule has 2 aromatic rings. The molecule has 2 aromatic carbocycles. The van der Waals surface area contributed by atoms with Crippen molar-refractivity contribution in [1.82, 2.24) is 0 Å². The summed E-state index contributed by atoms with van der Waals surface area (Å²) in [5.41, 5.74) is 3.42. The summed E-state index contributed by atoms with van der Waals surface area (Å²) < 4.78 is 5.86. The van der Waals surface area contributed by atoms with E-state index in [1.807, 2.05) is 24.3 Å². The largest absolute Gasteiger partial charge is 0.489 e. The van der Waals surface area contributed by atoms with Crippen LogP contribution in [0.4, 0.5) is 0 Å². The summed E-state index contributed by atoms with van der Waals surface area (Å²) in [6.45, 7) is 8.02. The Morgan fingerprint density at radius 3 is 2.37 bits per heavy atom. The predicted molar refractivity (Wildman–Crippen MR) is 81.5 cm³/mol. The van der Waals surface area contributed by atoms with E-state index >= 15 is 0 Å². The zero-order valence-electron chi connectivity index (χ0n) is 11.0. The van der Waals surface area contributed by atoms with Crippen LogP contribution in [0.3, 0.4) is 0 Å². The Morgan fingerprint density at radius 2 is 1.68 bits per heavy atom. The molecule has 19 heavy (non-hydrogen) atoms. The van der Waals surface area contributed by atoms with Gasteiger partial charge in [0.2, 0.25) is 0 Å².